The Labute approximate surface area is 58.7 Å². The second-order valence-corrected chi connectivity index (χ2v) is 1.41. The van der Waals surface area contributed by atoms with Gasteiger partial charge < -0.3 is 0 Å². The van der Waals surface area contributed by atoms with Crippen LogP contribution in [-0.2, 0) is 0 Å². The molecule has 0 aromatic carbocycles. The molecule has 1 nitrogen and oxygen atoms in total. The van der Waals surface area contributed by atoms with Gasteiger partial charge in [0.25, 0.3) is 0 Å². The molecule has 0 unspecified atom stereocenters. The van der Waals surface area contributed by atoms with Crippen LogP contribution in [-0.4, -0.2) is 4.57 Å². The van der Waals surface area contributed by atoms with Crippen molar-refractivity contribution in [1.29, 1.82) is 0 Å². The van der Waals surface area contributed by atoms with Crippen molar-refractivity contribution in [2.45, 2.75) is 6.55 Å². The lowest BCUT2D eigenvalue weighted by Crippen LogP contribution is -1.91. The van der Waals surface area contributed by atoms with Gasteiger partial charge >= 0.3 is 6.55 Å². The normalized spacial score (nSPS) is 9.22. The summed E-state index contributed by atoms with van der Waals surface area (Å²) in [5, 5.41) is 0. The zero-order valence-corrected chi connectivity index (χ0v) is 5.31. The van der Waals surface area contributed by atoms with Crippen LogP contribution in [0.25, 0.3) is 0 Å². The van der Waals surface area contributed by atoms with Crippen LogP contribution in [0, 0.1) is 0 Å². The highest BCUT2D eigenvalue weighted by Gasteiger charge is 1.99. The molecule has 50 valence electrons. The molecule has 0 bridgehead atoms. The van der Waals surface area contributed by atoms with E-state index in [1.807, 2.05) is 0 Å². The largest absolute Gasteiger partial charge is 0.318 e. The van der Waals surface area contributed by atoms with Gasteiger partial charge in [-0.2, -0.15) is 8.78 Å². The third-order valence-electron chi connectivity index (χ3n) is 0.853. The van der Waals surface area contributed by atoms with Crippen molar-refractivity contribution < 1.29 is 8.78 Å². The smallest absolute Gasteiger partial charge is 0.298 e. The zero-order valence-electron chi connectivity index (χ0n) is 4.50. The molecule has 0 aliphatic heterocycles. The van der Waals surface area contributed by atoms with E-state index in [1.165, 1.54) is 12.4 Å². The fourth-order valence-electron chi connectivity index (χ4n) is 0.478. The predicted octanol–water partition coefficient (Wildman–Crippen LogP) is 2.53. The maximum Gasteiger partial charge on any atom is 0.318 e. The number of halogens is 2. The molecule has 2 radical (unpaired) electrons. The van der Waals surface area contributed by atoms with E-state index in [4.69, 9.17) is 0 Å². The fraction of sp³-hybridized carbons (Fsp3) is 0.200. The predicted molar refractivity (Wildman–Crippen MR) is 33.3 cm³/mol. The summed E-state index contributed by atoms with van der Waals surface area (Å²) in [5.41, 5.74) is 0. The van der Waals surface area contributed by atoms with Gasteiger partial charge in [0.15, 0.2) is 0 Å². The molecule has 0 aliphatic carbocycles. The van der Waals surface area contributed by atoms with Crippen molar-refractivity contribution in [2.24, 2.45) is 0 Å². The van der Waals surface area contributed by atoms with Gasteiger partial charge in [0, 0.05) is 25.9 Å². The first-order valence-electron chi connectivity index (χ1n) is 2.21. The maximum absolute atomic E-state index is 11.6. The van der Waals surface area contributed by atoms with Crippen LogP contribution >= 0.6 is 13.5 Å². The Balaban J connectivity index is 0.000000640. The number of alkyl halides is 2. The maximum atomic E-state index is 11.6. The molecule has 0 atom stereocenters. The van der Waals surface area contributed by atoms with Gasteiger partial charge in [-0.05, 0) is 12.1 Å². The number of rotatable bonds is 1. The number of hydrogen-bond donors (Lipinski definition) is 0. The van der Waals surface area contributed by atoms with E-state index in [0.717, 1.165) is 4.57 Å². The molecule has 0 fully saturated rings. The van der Waals surface area contributed by atoms with E-state index in [0.29, 0.717) is 0 Å². The Hall–Kier alpha value is -0.510. The van der Waals surface area contributed by atoms with Crippen LogP contribution in [0.4, 0.5) is 8.78 Å². The molecule has 0 amide bonds. The first-order valence-corrected chi connectivity index (χ1v) is 2.21. The highest BCUT2D eigenvalue weighted by Crippen LogP contribution is 2.07. The van der Waals surface area contributed by atoms with Crippen LogP contribution in [0.5, 0.6) is 0 Å². The number of aromatic nitrogens is 1. The minimum atomic E-state index is -2.40. The highest BCUT2D eigenvalue weighted by atomic mass is 32.1. The van der Waals surface area contributed by atoms with Crippen molar-refractivity contribution in [3.63, 3.8) is 0 Å². The Morgan fingerprint density at radius 3 is 1.78 bits per heavy atom. The summed E-state index contributed by atoms with van der Waals surface area (Å²) in [6.45, 7) is -2.40. The zero-order chi connectivity index (χ0) is 5.98. The second-order valence-electron chi connectivity index (χ2n) is 1.41. The van der Waals surface area contributed by atoms with Gasteiger partial charge in [0.2, 0.25) is 0 Å². The van der Waals surface area contributed by atoms with E-state index in [9.17, 15) is 8.78 Å². The average Bonchev–Trinajstić information content (AvgIpc) is 2.12. The summed E-state index contributed by atoms with van der Waals surface area (Å²) in [6.07, 6.45) is 2.65. The van der Waals surface area contributed by atoms with Crippen molar-refractivity contribution >= 4 is 13.5 Å². The fourth-order valence-corrected chi connectivity index (χ4v) is 0.478. The molecule has 1 aromatic heterocycles. The second kappa shape index (κ2) is 3.50. The molecule has 0 saturated carbocycles. The van der Waals surface area contributed by atoms with Gasteiger partial charge in [-0.1, -0.05) is 0 Å². The van der Waals surface area contributed by atoms with Crippen LogP contribution in [0.15, 0.2) is 24.5 Å². The average molecular weight is 149 g/mol. The topological polar surface area (TPSA) is 4.93 Å². The van der Waals surface area contributed by atoms with Gasteiger partial charge in [-0.3, -0.25) is 4.57 Å². The Morgan fingerprint density at radius 1 is 1.11 bits per heavy atom. The van der Waals surface area contributed by atoms with E-state index in [2.05, 4.69) is 0 Å². The standard InChI is InChI=1S/C5H5F2N.S/c6-5(7)8-3-1-2-4-8;/h1-5H;. The van der Waals surface area contributed by atoms with Gasteiger partial charge in [0.05, 0.1) is 0 Å². The van der Waals surface area contributed by atoms with Crippen LogP contribution < -0.4 is 0 Å². The molecule has 1 heterocycles. The quantitative estimate of drug-likeness (QED) is 0.578. The molecule has 0 aliphatic rings. The molecule has 4 heteroatoms. The molecule has 0 spiro atoms. The Bertz CT molecular complexity index is 150. The Morgan fingerprint density at radius 2 is 1.56 bits per heavy atom. The van der Waals surface area contributed by atoms with Crippen molar-refractivity contribution in [2.75, 3.05) is 0 Å². The van der Waals surface area contributed by atoms with Crippen molar-refractivity contribution in [3.05, 3.63) is 24.5 Å². The van der Waals surface area contributed by atoms with Crippen LogP contribution in [0.3, 0.4) is 0 Å². The van der Waals surface area contributed by atoms with Gasteiger partial charge in [0.1, 0.15) is 0 Å². The van der Waals surface area contributed by atoms with Crippen LogP contribution in [0.1, 0.15) is 6.55 Å². The SMILES string of the molecule is FC(F)n1cccc1.[S]. The summed E-state index contributed by atoms with van der Waals surface area (Å²) in [6, 6.07) is 3.12. The monoisotopic (exact) mass is 149 g/mol. The first-order chi connectivity index (χ1) is 3.80. The molecule has 0 N–H and O–H groups in total. The van der Waals surface area contributed by atoms with E-state index in [-0.39, 0.29) is 13.5 Å². The lowest BCUT2D eigenvalue weighted by atomic mass is 10.7. The summed E-state index contributed by atoms with van der Waals surface area (Å²) in [7, 11) is 0. The molecule has 1 aromatic rings. The minimum absolute atomic E-state index is 0. The van der Waals surface area contributed by atoms with E-state index >= 15 is 0 Å². The Kier molecular flexibility index (Phi) is 3.30. The minimum Gasteiger partial charge on any atom is -0.298 e. The molecular weight excluding hydrogens is 144 g/mol. The van der Waals surface area contributed by atoms with Crippen molar-refractivity contribution in [1.82, 2.24) is 4.57 Å². The van der Waals surface area contributed by atoms with Gasteiger partial charge in [-0.15, -0.1) is 0 Å². The molecule has 0 saturated heterocycles. The van der Waals surface area contributed by atoms with E-state index in [1.54, 1.807) is 12.1 Å². The summed E-state index contributed by atoms with van der Waals surface area (Å²) < 4.78 is 24.0. The van der Waals surface area contributed by atoms with Crippen LogP contribution in [0.2, 0.25) is 0 Å². The third kappa shape index (κ3) is 2.05. The molecule has 1 rings (SSSR count). The third-order valence-corrected chi connectivity index (χ3v) is 0.853. The first kappa shape index (κ1) is 8.49. The highest BCUT2D eigenvalue weighted by molar-refractivity contribution is 7.59. The summed E-state index contributed by atoms with van der Waals surface area (Å²) >= 11 is 0. The molecule has 9 heavy (non-hydrogen) atoms. The van der Waals surface area contributed by atoms with Gasteiger partial charge in [-0.25, -0.2) is 0 Å². The number of nitrogens with zero attached hydrogens (tertiary/aromatic N) is 1. The number of hydrogen-bond acceptors (Lipinski definition) is 0. The summed E-state index contributed by atoms with van der Waals surface area (Å²) in [5.74, 6) is 0. The molecular formula is C5H5F2NS. The lowest BCUT2D eigenvalue weighted by Gasteiger charge is -1.95. The van der Waals surface area contributed by atoms with Crippen molar-refractivity contribution in [3.8, 4) is 0 Å². The summed E-state index contributed by atoms with van der Waals surface area (Å²) in [4.78, 5) is 0. The lowest BCUT2D eigenvalue weighted by molar-refractivity contribution is 0.0707. The van der Waals surface area contributed by atoms with E-state index < -0.39 is 6.55 Å².